The molecule has 0 bridgehead atoms. The first kappa shape index (κ1) is 21.4. The number of fused-ring (bicyclic) bond motifs is 1. The number of amides is 1. The highest BCUT2D eigenvalue weighted by Crippen LogP contribution is 2.29. The zero-order valence-corrected chi connectivity index (χ0v) is 19.2. The Morgan fingerprint density at radius 1 is 1.33 bits per heavy atom. The third-order valence-electron chi connectivity index (χ3n) is 5.11. The van der Waals surface area contributed by atoms with Crippen molar-refractivity contribution in [3.05, 3.63) is 46.1 Å². The summed E-state index contributed by atoms with van der Waals surface area (Å²) in [5.74, 6) is -0.415. The first-order valence-electron chi connectivity index (χ1n) is 9.64. The van der Waals surface area contributed by atoms with Crippen LogP contribution in [0.5, 0.6) is 0 Å². The monoisotopic (exact) mass is 465 g/mol. The molecule has 1 atom stereocenters. The number of nitrogens with zero attached hydrogens (tertiary/aromatic N) is 3. The van der Waals surface area contributed by atoms with Gasteiger partial charge >= 0.3 is 0 Å². The fourth-order valence-corrected chi connectivity index (χ4v) is 7.56. The molecule has 1 aliphatic rings. The molecule has 0 N–H and O–H groups in total. The Hall–Kier alpha value is -1.85. The molecular formula is C20H23N3O4S3. The first-order chi connectivity index (χ1) is 14.4. The van der Waals surface area contributed by atoms with Crippen molar-refractivity contribution in [2.45, 2.75) is 36.6 Å². The van der Waals surface area contributed by atoms with Gasteiger partial charge in [0.2, 0.25) is 0 Å². The number of sulfonamides is 1. The van der Waals surface area contributed by atoms with Crippen molar-refractivity contribution in [2.75, 3.05) is 20.3 Å². The van der Waals surface area contributed by atoms with Gasteiger partial charge in [0.1, 0.15) is 10.3 Å². The Kier molecular flexibility index (Phi) is 6.21. The quantitative estimate of drug-likeness (QED) is 0.560. The number of benzene rings is 1. The van der Waals surface area contributed by atoms with Crippen LogP contribution in [0.1, 0.15) is 18.4 Å². The molecule has 7 nitrogen and oxygen atoms in total. The van der Waals surface area contributed by atoms with E-state index in [1.165, 1.54) is 15.6 Å². The second-order valence-electron chi connectivity index (χ2n) is 7.16. The van der Waals surface area contributed by atoms with Crippen molar-refractivity contribution >= 4 is 48.8 Å². The highest BCUT2D eigenvalue weighted by molar-refractivity contribution is 7.91. The van der Waals surface area contributed by atoms with Crippen molar-refractivity contribution < 1.29 is 17.9 Å². The van der Waals surface area contributed by atoms with Gasteiger partial charge in [-0.25, -0.2) is 8.42 Å². The predicted molar refractivity (Wildman–Crippen MR) is 118 cm³/mol. The maximum absolute atomic E-state index is 13.1. The normalized spacial score (nSPS) is 18.5. The van der Waals surface area contributed by atoms with E-state index >= 15 is 0 Å². The number of aromatic nitrogens is 1. The minimum Gasteiger partial charge on any atom is -0.383 e. The first-order valence-corrected chi connectivity index (χ1v) is 12.8. The number of ether oxygens (including phenoxy) is 1. The lowest BCUT2D eigenvalue weighted by Gasteiger charge is -2.20. The van der Waals surface area contributed by atoms with Gasteiger partial charge < -0.3 is 9.30 Å². The van der Waals surface area contributed by atoms with Gasteiger partial charge in [0, 0.05) is 20.2 Å². The average Bonchev–Trinajstić information content (AvgIpc) is 3.45. The number of methoxy groups -OCH3 is 1. The minimum atomic E-state index is -3.69. The second kappa shape index (κ2) is 8.72. The summed E-state index contributed by atoms with van der Waals surface area (Å²) < 4.78 is 35.7. The number of rotatable bonds is 6. The number of thiophene rings is 1. The molecule has 30 heavy (non-hydrogen) atoms. The lowest BCUT2D eigenvalue weighted by Crippen LogP contribution is -2.40. The maximum Gasteiger partial charge on any atom is 0.266 e. The van der Waals surface area contributed by atoms with Gasteiger partial charge in [0.15, 0.2) is 4.80 Å². The lowest BCUT2D eigenvalue weighted by atomic mass is 10.2. The molecule has 1 saturated heterocycles. The molecule has 0 spiro atoms. The van der Waals surface area contributed by atoms with Gasteiger partial charge in [0.25, 0.3) is 15.9 Å². The molecular weight excluding hydrogens is 442 g/mol. The molecule has 4 rings (SSSR count). The summed E-state index contributed by atoms with van der Waals surface area (Å²) in [5, 5.41) is 1.72. The number of thiazole rings is 1. The van der Waals surface area contributed by atoms with E-state index in [-0.39, 0.29) is 4.21 Å². The SMILES string of the molecule is COCCn1c(=NC(=O)C2CCCN2S(=O)(=O)c2cccs2)sc2cc(C)ccc21. The van der Waals surface area contributed by atoms with E-state index in [1.807, 2.05) is 23.6 Å². The van der Waals surface area contributed by atoms with Gasteiger partial charge in [-0.05, 0) is 48.9 Å². The summed E-state index contributed by atoms with van der Waals surface area (Å²) >= 11 is 2.60. The van der Waals surface area contributed by atoms with E-state index in [2.05, 4.69) is 11.1 Å². The number of hydrogen-bond donors (Lipinski definition) is 0. The molecule has 160 valence electrons. The van der Waals surface area contributed by atoms with Gasteiger partial charge in [-0.2, -0.15) is 9.30 Å². The number of hydrogen-bond acceptors (Lipinski definition) is 6. The Labute approximate surface area is 183 Å². The van der Waals surface area contributed by atoms with E-state index in [4.69, 9.17) is 4.74 Å². The van der Waals surface area contributed by atoms with Crippen LogP contribution in [0.25, 0.3) is 10.2 Å². The van der Waals surface area contributed by atoms with Crippen molar-refractivity contribution in [3.8, 4) is 0 Å². The largest absolute Gasteiger partial charge is 0.383 e. The molecule has 10 heteroatoms. The topological polar surface area (TPSA) is 81.0 Å². The molecule has 1 aromatic carbocycles. The summed E-state index contributed by atoms with van der Waals surface area (Å²) in [4.78, 5) is 18.1. The van der Waals surface area contributed by atoms with Crippen LogP contribution in [-0.4, -0.2) is 49.5 Å². The average molecular weight is 466 g/mol. The molecule has 1 fully saturated rings. The molecule has 3 aromatic rings. The fourth-order valence-electron chi connectivity index (χ4n) is 3.63. The van der Waals surface area contributed by atoms with Crippen LogP contribution in [0.2, 0.25) is 0 Å². The zero-order chi connectivity index (χ0) is 21.3. The zero-order valence-electron chi connectivity index (χ0n) is 16.8. The van der Waals surface area contributed by atoms with Crippen LogP contribution >= 0.6 is 22.7 Å². The maximum atomic E-state index is 13.1. The van der Waals surface area contributed by atoms with E-state index in [0.717, 1.165) is 27.1 Å². The Morgan fingerprint density at radius 2 is 2.17 bits per heavy atom. The summed E-state index contributed by atoms with van der Waals surface area (Å²) in [6.45, 7) is 3.41. The fraction of sp³-hybridized carbons (Fsp3) is 0.400. The molecule has 3 heterocycles. The Morgan fingerprint density at radius 3 is 2.90 bits per heavy atom. The molecule has 1 aliphatic heterocycles. The minimum absolute atomic E-state index is 0.259. The van der Waals surface area contributed by atoms with E-state index in [1.54, 1.807) is 24.6 Å². The van der Waals surface area contributed by atoms with Gasteiger partial charge in [-0.3, -0.25) is 4.79 Å². The van der Waals surface area contributed by atoms with Crippen LogP contribution < -0.4 is 4.80 Å². The lowest BCUT2D eigenvalue weighted by molar-refractivity contribution is -0.121. The highest BCUT2D eigenvalue weighted by Gasteiger charge is 2.39. The van der Waals surface area contributed by atoms with Crippen molar-refractivity contribution in [1.82, 2.24) is 8.87 Å². The third-order valence-corrected chi connectivity index (χ3v) is 9.43. The van der Waals surface area contributed by atoms with E-state index < -0.39 is 22.0 Å². The third kappa shape index (κ3) is 4.02. The van der Waals surface area contributed by atoms with Gasteiger partial charge in [0.05, 0.1) is 16.8 Å². The van der Waals surface area contributed by atoms with Crippen LogP contribution in [-0.2, 0) is 26.1 Å². The molecule has 0 saturated carbocycles. The van der Waals surface area contributed by atoms with Crippen molar-refractivity contribution in [3.63, 3.8) is 0 Å². The molecule has 0 radical (unpaired) electrons. The van der Waals surface area contributed by atoms with Crippen LogP contribution in [0, 0.1) is 6.92 Å². The second-order valence-corrected chi connectivity index (χ2v) is 11.2. The number of carbonyl (C=O) groups is 1. The van der Waals surface area contributed by atoms with Crippen molar-refractivity contribution in [2.24, 2.45) is 4.99 Å². The summed E-state index contributed by atoms with van der Waals surface area (Å²) in [6, 6.07) is 8.62. The standard InChI is InChI=1S/C20H23N3O4S3/c1-14-7-8-15-17(13-14)29-20(22(15)10-11-27-2)21-19(24)16-5-3-9-23(16)30(25,26)18-6-4-12-28-18/h4,6-8,12-13,16H,3,5,9-11H2,1-2H3. The Bertz CT molecular complexity index is 1230. The smallest absolute Gasteiger partial charge is 0.266 e. The highest BCUT2D eigenvalue weighted by atomic mass is 32.2. The van der Waals surface area contributed by atoms with Gasteiger partial charge in [-0.15, -0.1) is 11.3 Å². The summed E-state index contributed by atoms with van der Waals surface area (Å²) in [5.41, 5.74) is 2.12. The van der Waals surface area contributed by atoms with Crippen LogP contribution in [0.4, 0.5) is 0 Å². The van der Waals surface area contributed by atoms with Crippen LogP contribution in [0.15, 0.2) is 44.9 Å². The van der Waals surface area contributed by atoms with Gasteiger partial charge in [-0.1, -0.05) is 23.5 Å². The number of carbonyl (C=O) groups excluding carboxylic acids is 1. The predicted octanol–water partition coefficient (Wildman–Crippen LogP) is 3.00. The Balaban J connectivity index is 1.72. The summed E-state index contributed by atoms with van der Waals surface area (Å²) in [7, 11) is -2.06. The van der Waals surface area contributed by atoms with E-state index in [0.29, 0.717) is 37.3 Å². The number of aryl methyl sites for hydroxylation is 1. The van der Waals surface area contributed by atoms with Crippen LogP contribution in [0.3, 0.4) is 0 Å². The van der Waals surface area contributed by atoms with E-state index in [9.17, 15) is 13.2 Å². The molecule has 0 aliphatic carbocycles. The summed E-state index contributed by atoms with van der Waals surface area (Å²) in [6.07, 6.45) is 1.13. The van der Waals surface area contributed by atoms with Crippen molar-refractivity contribution in [1.29, 1.82) is 0 Å². The molecule has 1 amide bonds. The molecule has 2 aromatic heterocycles. The molecule has 1 unspecified atom stereocenters.